The van der Waals surface area contributed by atoms with Crippen LogP contribution in [0.1, 0.15) is 20.8 Å². The van der Waals surface area contributed by atoms with E-state index >= 15 is 0 Å². The van der Waals surface area contributed by atoms with Gasteiger partial charge in [-0.2, -0.15) is 5.10 Å². The molecule has 2 heterocycles. The fraction of sp³-hybridized carbons (Fsp3) is 0.0833. The summed E-state index contributed by atoms with van der Waals surface area (Å²) in [6.07, 6.45) is 1.55. The van der Waals surface area contributed by atoms with Crippen molar-refractivity contribution in [3.63, 3.8) is 0 Å². The van der Waals surface area contributed by atoms with Crippen molar-refractivity contribution in [2.45, 2.75) is 0 Å². The van der Waals surface area contributed by atoms with Crippen LogP contribution in [-0.2, 0) is 7.05 Å². The van der Waals surface area contributed by atoms with Crippen LogP contribution in [0.2, 0.25) is 0 Å². The number of nitrogens with zero attached hydrogens (tertiary/aromatic N) is 2. The van der Waals surface area contributed by atoms with Gasteiger partial charge >= 0.3 is 11.9 Å². The van der Waals surface area contributed by atoms with E-state index in [0.29, 0.717) is 16.3 Å². The molecule has 0 amide bonds. The lowest BCUT2D eigenvalue weighted by molar-refractivity contribution is 0.0646. The second-order valence-electron chi connectivity index (χ2n) is 4.19. The lowest BCUT2D eigenvalue weighted by Gasteiger charge is -2.00. The van der Waals surface area contributed by atoms with E-state index in [4.69, 9.17) is 0 Å². The molecule has 0 unspecified atom stereocenters. The Labute approximate surface area is 106 Å². The van der Waals surface area contributed by atoms with E-state index in [1.807, 2.05) is 0 Å². The predicted octanol–water partition coefficient (Wildman–Crippen LogP) is 1.45. The molecule has 0 aliphatic carbocycles. The molecule has 0 spiro atoms. The highest BCUT2D eigenvalue weighted by Gasteiger charge is 2.26. The van der Waals surface area contributed by atoms with Crippen molar-refractivity contribution in [2.24, 2.45) is 7.05 Å². The number of carboxylic acids is 2. The molecule has 19 heavy (non-hydrogen) atoms. The number of hydrogen-bond acceptors (Lipinski definition) is 3. The summed E-state index contributed by atoms with van der Waals surface area (Å²) in [6.45, 7) is 0. The number of nitrogens with one attached hydrogen (secondary N) is 1. The third-order valence-electron chi connectivity index (χ3n) is 3.19. The van der Waals surface area contributed by atoms with Crippen molar-refractivity contribution < 1.29 is 19.8 Å². The summed E-state index contributed by atoms with van der Waals surface area (Å²) in [5, 5.41) is 26.2. The highest BCUT2D eigenvalue weighted by molar-refractivity contribution is 6.17. The van der Waals surface area contributed by atoms with E-state index in [0.717, 1.165) is 5.52 Å². The first-order chi connectivity index (χ1) is 9.02. The predicted molar refractivity (Wildman–Crippen MR) is 66.5 cm³/mol. The quantitative estimate of drug-likeness (QED) is 0.645. The van der Waals surface area contributed by atoms with Crippen LogP contribution in [0.5, 0.6) is 0 Å². The number of rotatable bonds is 2. The Morgan fingerprint density at radius 3 is 2.58 bits per heavy atom. The van der Waals surface area contributed by atoms with Crippen LogP contribution in [-0.4, -0.2) is 36.9 Å². The number of carbonyl (C=O) groups is 2. The zero-order valence-corrected chi connectivity index (χ0v) is 9.84. The van der Waals surface area contributed by atoms with Crippen LogP contribution in [0.4, 0.5) is 0 Å². The zero-order chi connectivity index (χ0) is 13.7. The maximum atomic E-state index is 11.3. The van der Waals surface area contributed by atoms with Gasteiger partial charge in [-0.15, -0.1) is 0 Å². The molecule has 0 saturated heterocycles. The first kappa shape index (κ1) is 11.3. The molecule has 0 fully saturated rings. The van der Waals surface area contributed by atoms with Crippen molar-refractivity contribution in [1.82, 2.24) is 14.8 Å². The number of H-pyrrole nitrogens is 1. The summed E-state index contributed by atoms with van der Waals surface area (Å²) in [6, 6.07) is 3.27. The second-order valence-corrected chi connectivity index (χ2v) is 4.19. The van der Waals surface area contributed by atoms with Crippen LogP contribution in [0, 0.1) is 0 Å². The number of fused-ring (bicyclic) bond motifs is 3. The van der Waals surface area contributed by atoms with Gasteiger partial charge in [0.2, 0.25) is 0 Å². The molecule has 0 aliphatic rings. The van der Waals surface area contributed by atoms with E-state index in [9.17, 15) is 19.8 Å². The van der Waals surface area contributed by atoms with E-state index in [-0.39, 0.29) is 11.3 Å². The number of aromatic carboxylic acids is 2. The van der Waals surface area contributed by atoms with Gasteiger partial charge in [-0.05, 0) is 12.1 Å². The number of aryl methyl sites for hydroxylation is 1. The molecule has 96 valence electrons. The summed E-state index contributed by atoms with van der Waals surface area (Å²) in [5.74, 6) is -2.53. The molecule has 0 aliphatic heterocycles. The third-order valence-corrected chi connectivity index (χ3v) is 3.19. The minimum absolute atomic E-state index is 0.201. The standard InChI is InChI=1S/C12H9N3O4/c1-15-9-5(2-3-7-6(9)4-13-14-7)8(11(16)17)10(15)12(18)19/h2-4H,1H3,(H,13,14)(H,16,17)(H,18,19). The molecule has 0 radical (unpaired) electrons. The summed E-state index contributed by atoms with van der Waals surface area (Å²) < 4.78 is 1.37. The monoisotopic (exact) mass is 259 g/mol. The average molecular weight is 259 g/mol. The van der Waals surface area contributed by atoms with Gasteiger partial charge in [-0.1, -0.05) is 0 Å². The van der Waals surface area contributed by atoms with Crippen LogP contribution in [0.3, 0.4) is 0 Å². The van der Waals surface area contributed by atoms with E-state index in [1.54, 1.807) is 18.3 Å². The zero-order valence-electron chi connectivity index (χ0n) is 9.84. The minimum atomic E-state index is -1.27. The van der Waals surface area contributed by atoms with Crippen LogP contribution in [0.25, 0.3) is 21.8 Å². The second kappa shape index (κ2) is 3.58. The lowest BCUT2D eigenvalue weighted by atomic mass is 10.1. The molecule has 0 saturated carbocycles. The van der Waals surface area contributed by atoms with Crippen molar-refractivity contribution in [3.8, 4) is 0 Å². The molecule has 0 atom stereocenters. The molecular weight excluding hydrogens is 250 g/mol. The number of aromatic nitrogens is 3. The van der Waals surface area contributed by atoms with Crippen LogP contribution >= 0.6 is 0 Å². The molecule has 2 aromatic heterocycles. The SMILES string of the molecule is Cn1c(C(=O)O)c(C(=O)O)c2ccc3[nH]ncc3c21. The number of carboxylic acid groups (broad SMARTS) is 2. The van der Waals surface area contributed by atoms with E-state index < -0.39 is 11.9 Å². The number of benzene rings is 1. The van der Waals surface area contributed by atoms with Crippen LogP contribution < -0.4 is 0 Å². The first-order valence-corrected chi connectivity index (χ1v) is 5.43. The van der Waals surface area contributed by atoms with Gasteiger partial charge in [0.1, 0.15) is 5.69 Å². The van der Waals surface area contributed by atoms with Crippen LogP contribution in [0.15, 0.2) is 18.3 Å². The first-order valence-electron chi connectivity index (χ1n) is 5.43. The molecule has 0 bridgehead atoms. The fourth-order valence-corrected chi connectivity index (χ4v) is 2.44. The maximum Gasteiger partial charge on any atom is 0.353 e. The number of hydrogen-bond donors (Lipinski definition) is 3. The van der Waals surface area contributed by atoms with Crippen molar-refractivity contribution in [2.75, 3.05) is 0 Å². The lowest BCUT2D eigenvalue weighted by Crippen LogP contribution is -2.10. The average Bonchev–Trinajstić information content (AvgIpc) is 2.90. The third kappa shape index (κ3) is 1.35. The molecule has 3 aromatic rings. The summed E-state index contributed by atoms with van der Waals surface area (Å²) in [4.78, 5) is 22.6. The topological polar surface area (TPSA) is 108 Å². The van der Waals surface area contributed by atoms with Gasteiger partial charge in [0, 0.05) is 17.8 Å². The molecule has 1 aromatic carbocycles. The highest BCUT2D eigenvalue weighted by Crippen LogP contribution is 2.31. The van der Waals surface area contributed by atoms with Gasteiger partial charge < -0.3 is 14.8 Å². The van der Waals surface area contributed by atoms with Gasteiger partial charge in [-0.3, -0.25) is 5.10 Å². The minimum Gasteiger partial charge on any atom is -0.478 e. The summed E-state index contributed by atoms with van der Waals surface area (Å²) >= 11 is 0. The Morgan fingerprint density at radius 2 is 1.95 bits per heavy atom. The smallest absolute Gasteiger partial charge is 0.353 e. The normalized spacial score (nSPS) is 11.2. The Balaban J connectivity index is 2.61. The summed E-state index contributed by atoms with van der Waals surface area (Å²) in [5.41, 5.74) is 0.826. The van der Waals surface area contributed by atoms with Gasteiger partial charge in [0.05, 0.1) is 22.8 Å². The van der Waals surface area contributed by atoms with Crippen molar-refractivity contribution in [1.29, 1.82) is 0 Å². The molecule has 7 heteroatoms. The van der Waals surface area contributed by atoms with Gasteiger partial charge in [-0.25, -0.2) is 9.59 Å². The summed E-state index contributed by atoms with van der Waals surface area (Å²) in [7, 11) is 1.53. The molecular formula is C12H9N3O4. The maximum absolute atomic E-state index is 11.3. The highest BCUT2D eigenvalue weighted by atomic mass is 16.4. The Bertz CT molecular complexity index is 844. The Kier molecular flexibility index (Phi) is 2.12. The molecule has 3 N–H and O–H groups in total. The van der Waals surface area contributed by atoms with E-state index in [2.05, 4.69) is 10.2 Å². The molecule has 7 nitrogen and oxygen atoms in total. The van der Waals surface area contributed by atoms with E-state index in [1.165, 1.54) is 11.6 Å². The fourth-order valence-electron chi connectivity index (χ4n) is 2.44. The Hall–Kier alpha value is -2.83. The largest absolute Gasteiger partial charge is 0.478 e. The number of aromatic amines is 1. The van der Waals surface area contributed by atoms with Crippen molar-refractivity contribution >= 4 is 33.7 Å². The van der Waals surface area contributed by atoms with Gasteiger partial charge in [0.25, 0.3) is 0 Å². The molecule has 3 rings (SSSR count). The van der Waals surface area contributed by atoms with Gasteiger partial charge in [0.15, 0.2) is 0 Å². The van der Waals surface area contributed by atoms with Crippen molar-refractivity contribution in [3.05, 3.63) is 29.6 Å². The Morgan fingerprint density at radius 1 is 1.21 bits per heavy atom.